The lowest BCUT2D eigenvalue weighted by molar-refractivity contribution is -0.384. The van der Waals surface area contributed by atoms with Crippen molar-refractivity contribution >= 4 is 34.8 Å². The first-order valence-corrected chi connectivity index (χ1v) is 10.4. The minimum Gasteiger partial charge on any atom is -0.304 e. The number of rotatable bonds is 6. The quantitative estimate of drug-likeness (QED) is 0.292. The van der Waals surface area contributed by atoms with E-state index < -0.39 is 10.8 Å². The monoisotopic (exact) mass is 474 g/mol. The Morgan fingerprint density at radius 2 is 1.94 bits per heavy atom. The van der Waals surface area contributed by atoms with Crippen LogP contribution in [0.1, 0.15) is 16.1 Å². The highest BCUT2D eigenvalue weighted by atomic mass is 35.5. The van der Waals surface area contributed by atoms with E-state index in [1.807, 2.05) is 12.1 Å². The zero-order chi connectivity index (χ0) is 23.7. The Balaban J connectivity index is 1.42. The summed E-state index contributed by atoms with van der Waals surface area (Å²) in [6.45, 7) is 0.507. The van der Waals surface area contributed by atoms with E-state index in [1.54, 1.807) is 41.2 Å². The van der Waals surface area contributed by atoms with E-state index in [4.69, 9.17) is 11.6 Å². The molecule has 5 rings (SSSR count). The van der Waals surface area contributed by atoms with Crippen molar-refractivity contribution in [3.63, 3.8) is 0 Å². The molecule has 0 atom stereocenters. The second-order valence-electron chi connectivity index (χ2n) is 7.29. The van der Waals surface area contributed by atoms with Crippen LogP contribution < -0.4 is 5.32 Å². The fourth-order valence-corrected chi connectivity index (χ4v) is 3.50. The number of carbonyl (C=O) groups excluding carboxylic acids is 1. The summed E-state index contributed by atoms with van der Waals surface area (Å²) < 4.78 is 2.98. The molecular weight excluding hydrogens is 460 g/mol. The van der Waals surface area contributed by atoms with E-state index in [1.165, 1.54) is 29.0 Å². The van der Waals surface area contributed by atoms with Crippen LogP contribution in [-0.4, -0.2) is 40.2 Å². The lowest BCUT2D eigenvalue weighted by atomic mass is 10.1. The standard InChI is InChI=1S/C22H15ClN8O3/c23-16-6-4-14(5-7-16)12-29-9-8-20(28-29)27-21(32)19-11-18(26-22-24-13-25-30(19)22)15-2-1-3-17(10-15)31(33)34/h1-11,13H,12H2,(H,27,28,32). The van der Waals surface area contributed by atoms with Gasteiger partial charge in [-0.2, -0.15) is 19.7 Å². The highest BCUT2D eigenvalue weighted by Gasteiger charge is 2.18. The van der Waals surface area contributed by atoms with Gasteiger partial charge in [0.1, 0.15) is 12.0 Å². The van der Waals surface area contributed by atoms with E-state index in [0.29, 0.717) is 28.6 Å². The van der Waals surface area contributed by atoms with E-state index in [0.717, 1.165) is 5.56 Å². The number of hydrogen-bond acceptors (Lipinski definition) is 7. The zero-order valence-electron chi connectivity index (χ0n) is 17.4. The Bertz CT molecular complexity index is 1530. The van der Waals surface area contributed by atoms with Gasteiger partial charge in [0.25, 0.3) is 17.4 Å². The zero-order valence-corrected chi connectivity index (χ0v) is 18.1. The van der Waals surface area contributed by atoms with Crippen molar-refractivity contribution in [3.05, 3.63) is 99.6 Å². The molecule has 0 spiro atoms. The van der Waals surface area contributed by atoms with Crippen LogP contribution in [0.5, 0.6) is 0 Å². The van der Waals surface area contributed by atoms with Crippen LogP contribution in [0.15, 0.2) is 73.2 Å². The number of nitrogens with one attached hydrogen (secondary N) is 1. The van der Waals surface area contributed by atoms with Gasteiger partial charge >= 0.3 is 0 Å². The Morgan fingerprint density at radius 1 is 1.12 bits per heavy atom. The number of non-ortho nitro benzene ring substituents is 1. The van der Waals surface area contributed by atoms with Crippen LogP contribution in [-0.2, 0) is 6.54 Å². The summed E-state index contributed by atoms with van der Waals surface area (Å²) >= 11 is 5.92. The van der Waals surface area contributed by atoms with Gasteiger partial charge in [0.05, 0.1) is 17.2 Å². The first-order valence-electron chi connectivity index (χ1n) is 10.0. The van der Waals surface area contributed by atoms with Crippen molar-refractivity contribution in [2.24, 2.45) is 0 Å². The normalized spacial score (nSPS) is 11.0. The third-order valence-electron chi connectivity index (χ3n) is 4.98. The minimum atomic E-state index is -0.493. The molecule has 2 aromatic carbocycles. The smallest absolute Gasteiger partial charge is 0.275 e. The molecule has 1 amide bonds. The number of nitro benzene ring substituents is 1. The van der Waals surface area contributed by atoms with Crippen molar-refractivity contribution in [1.82, 2.24) is 29.4 Å². The molecule has 0 saturated heterocycles. The summed E-state index contributed by atoms with van der Waals surface area (Å²) in [7, 11) is 0. The Labute approximate surface area is 196 Å². The molecule has 0 unspecified atom stereocenters. The summed E-state index contributed by atoms with van der Waals surface area (Å²) in [6.07, 6.45) is 3.02. The summed E-state index contributed by atoms with van der Waals surface area (Å²) in [6, 6.07) is 16.6. The first kappa shape index (κ1) is 21.2. The van der Waals surface area contributed by atoms with Crippen molar-refractivity contribution in [1.29, 1.82) is 0 Å². The average Bonchev–Trinajstić information content (AvgIpc) is 3.49. The maximum absolute atomic E-state index is 13.1. The van der Waals surface area contributed by atoms with Crippen molar-refractivity contribution in [3.8, 4) is 11.3 Å². The van der Waals surface area contributed by atoms with Gasteiger partial charge in [-0.1, -0.05) is 35.9 Å². The Hall–Kier alpha value is -4.64. The number of anilines is 1. The number of amides is 1. The lowest BCUT2D eigenvalue weighted by Gasteiger charge is -2.07. The number of fused-ring (bicyclic) bond motifs is 1. The third-order valence-corrected chi connectivity index (χ3v) is 5.23. The first-order chi connectivity index (χ1) is 16.5. The van der Waals surface area contributed by atoms with E-state index >= 15 is 0 Å². The molecule has 0 radical (unpaired) electrons. The molecule has 168 valence electrons. The molecule has 0 aliphatic carbocycles. The van der Waals surface area contributed by atoms with E-state index in [9.17, 15) is 14.9 Å². The second-order valence-corrected chi connectivity index (χ2v) is 7.72. The van der Waals surface area contributed by atoms with Crippen molar-refractivity contribution in [2.45, 2.75) is 6.54 Å². The molecule has 1 N–H and O–H groups in total. The highest BCUT2D eigenvalue weighted by Crippen LogP contribution is 2.24. The molecule has 0 bridgehead atoms. The van der Waals surface area contributed by atoms with Gasteiger partial charge in [-0.05, 0) is 23.8 Å². The third kappa shape index (κ3) is 4.32. The molecule has 0 saturated carbocycles. The van der Waals surface area contributed by atoms with Crippen LogP contribution in [0.25, 0.3) is 17.0 Å². The number of nitro groups is 1. The van der Waals surface area contributed by atoms with Gasteiger partial charge in [0, 0.05) is 35.0 Å². The molecule has 3 aromatic heterocycles. The molecule has 3 heterocycles. The van der Waals surface area contributed by atoms with Crippen LogP contribution in [0, 0.1) is 10.1 Å². The van der Waals surface area contributed by atoms with E-state index in [2.05, 4.69) is 25.5 Å². The van der Waals surface area contributed by atoms with Crippen LogP contribution in [0.4, 0.5) is 11.5 Å². The van der Waals surface area contributed by atoms with Gasteiger partial charge < -0.3 is 5.32 Å². The number of carbonyl (C=O) groups is 1. The average molecular weight is 475 g/mol. The summed E-state index contributed by atoms with van der Waals surface area (Å²) in [5.74, 6) is 0.0460. The number of hydrogen-bond donors (Lipinski definition) is 1. The Kier molecular flexibility index (Phi) is 5.44. The summed E-state index contributed by atoms with van der Waals surface area (Å²) in [4.78, 5) is 32.2. The fourth-order valence-electron chi connectivity index (χ4n) is 3.37. The van der Waals surface area contributed by atoms with Crippen LogP contribution in [0.2, 0.25) is 5.02 Å². The van der Waals surface area contributed by atoms with Gasteiger partial charge in [-0.3, -0.25) is 19.6 Å². The number of aromatic nitrogens is 6. The maximum Gasteiger partial charge on any atom is 0.275 e. The van der Waals surface area contributed by atoms with Gasteiger partial charge in [0.2, 0.25) is 0 Å². The number of halogens is 1. The molecule has 11 nitrogen and oxygen atoms in total. The molecule has 12 heteroatoms. The summed E-state index contributed by atoms with van der Waals surface area (Å²) in [5.41, 5.74) is 1.89. The largest absolute Gasteiger partial charge is 0.304 e. The SMILES string of the molecule is O=C(Nc1ccn(Cc2ccc(Cl)cc2)n1)c1cc(-c2cccc([N+](=O)[O-])c2)nc2ncnn12. The van der Waals surface area contributed by atoms with Crippen molar-refractivity contribution in [2.75, 3.05) is 5.32 Å². The predicted octanol–water partition coefficient (Wildman–Crippen LogP) is 3.85. The van der Waals surface area contributed by atoms with Crippen LogP contribution >= 0.6 is 11.6 Å². The van der Waals surface area contributed by atoms with Crippen LogP contribution in [0.3, 0.4) is 0 Å². The van der Waals surface area contributed by atoms with Crippen molar-refractivity contribution < 1.29 is 9.72 Å². The molecule has 5 aromatic rings. The molecule has 0 aliphatic heterocycles. The highest BCUT2D eigenvalue weighted by molar-refractivity contribution is 6.30. The summed E-state index contributed by atoms with van der Waals surface area (Å²) in [5, 5.41) is 23.0. The molecule has 34 heavy (non-hydrogen) atoms. The number of nitrogens with zero attached hydrogens (tertiary/aromatic N) is 7. The minimum absolute atomic E-state index is 0.0853. The molecule has 0 fully saturated rings. The molecule has 0 aliphatic rings. The van der Waals surface area contributed by atoms with E-state index in [-0.39, 0.29) is 17.2 Å². The van der Waals surface area contributed by atoms with Gasteiger partial charge in [-0.15, -0.1) is 0 Å². The topological polar surface area (TPSA) is 133 Å². The maximum atomic E-state index is 13.1. The lowest BCUT2D eigenvalue weighted by Crippen LogP contribution is -2.18. The Morgan fingerprint density at radius 3 is 2.74 bits per heavy atom. The molecular formula is C22H15ClN8O3. The number of benzene rings is 2. The fraction of sp³-hybridized carbons (Fsp3) is 0.0455. The van der Waals surface area contributed by atoms with Gasteiger partial charge in [0.15, 0.2) is 5.82 Å². The second kappa shape index (κ2) is 8.71. The van der Waals surface area contributed by atoms with Gasteiger partial charge in [-0.25, -0.2) is 4.98 Å². The predicted molar refractivity (Wildman–Crippen MR) is 124 cm³/mol.